The first-order valence-corrected chi connectivity index (χ1v) is 6.90. The minimum Gasteiger partial charge on any atom is -0.373 e. The molecule has 1 N–H and O–H groups in total. The van der Waals surface area contributed by atoms with Crippen molar-refractivity contribution in [1.29, 1.82) is 0 Å². The Hall–Kier alpha value is -1.90. The minimum absolute atomic E-state index is 0.630. The van der Waals surface area contributed by atoms with Crippen LogP contribution in [0.5, 0.6) is 0 Å². The van der Waals surface area contributed by atoms with Gasteiger partial charge in [-0.15, -0.1) is 0 Å². The highest BCUT2D eigenvalue weighted by Gasteiger charge is 1.95. The number of hydrogen-bond donors (Lipinski definition) is 1. The van der Waals surface area contributed by atoms with E-state index >= 15 is 0 Å². The zero-order valence-corrected chi connectivity index (χ0v) is 11.9. The van der Waals surface area contributed by atoms with Gasteiger partial charge in [0, 0.05) is 6.54 Å². The SMILES string of the molecule is CNCc1cccc(COCC=Cc2ccccc2)c1. The number of rotatable bonds is 7. The third kappa shape index (κ3) is 5.00. The molecule has 0 atom stereocenters. The molecule has 0 amide bonds. The molecular weight excluding hydrogens is 246 g/mol. The highest BCUT2D eigenvalue weighted by Crippen LogP contribution is 2.07. The fraction of sp³-hybridized carbons (Fsp3) is 0.222. The first-order valence-electron chi connectivity index (χ1n) is 6.90. The van der Waals surface area contributed by atoms with Gasteiger partial charge in [0.2, 0.25) is 0 Å². The summed E-state index contributed by atoms with van der Waals surface area (Å²) >= 11 is 0. The second kappa shape index (κ2) is 8.31. The van der Waals surface area contributed by atoms with Crippen LogP contribution in [0.15, 0.2) is 60.7 Å². The number of hydrogen-bond acceptors (Lipinski definition) is 2. The van der Waals surface area contributed by atoms with Gasteiger partial charge in [0.15, 0.2) is 0 Å². The Bertz CT molecular complexity index is 534. The summed E-state index contributed by atoms with van der Waals surface area (Å²) < 4.78 is 5.67. The van der Waals surface area contributed by atoms with Crippen molar-refractivity contribution < 1.29 is 4.74 Å². The third-order valence-corrected chi connectivity index (χ3v) is 2.96. The molecule has 2 nitrogen and oxygen atoms in total. The van der Waals surface area contributed by atoms with Crippen molar-refractivity contribution in [2.24, 2.45) is 0 Å². The molecule has 0 aliphatic carbocycles. The van der Waals surface area contributed by atoms with Gasteiger partial charge in [-0.25, -0.2) is 0 Å². The highest BCUT2D eigenvalue weighted by molar-refractivity contribution is 5.48. The summed E-state index contributed by atoms with van der Waals surface area (Å²) in [5.41, 5.74) is 3.70. The molecule has 0 fully saturated rings. The molecule has 0 spiro atoms. The maximum Gasteiger partial charge on any atom is 0.0721 e. The Labute approximate surface area is 121 Å². The van der Waals surface area contributed by atoms with E-state index < -0.39 is 0 Å². The van der Waals surface area contributed by atoms with Crippen LogP contribution < -0.4 is 5.32 Å². The lowest BCUT2D eigenvalue weighted by Gasteiger charge is -2.05. The summed E-state index contributed by atoms with van der Waals surface area (Å²) in [5, 5.41) is 3.15. The predicted molar refractivity (Wildman–Crippen MR) is 84.3 cm³/mol. The van der Waals surface area contributed by atoms with Gasteiger partial charge in [-0.3, -0.25) is 0 Å². The van der Waals surface area contributed by atoms with Crippen LogP contribution in [-0.2, 0) is 17.9 Å². The first kappa shape index (κ1) is 14.5. The molecule has 0 aromatic heterocycles. The Kier molecular flexibility index (Phi) is 6.03. The number of ether oxygens (including phenoxy) is 1. The fourth-order valence-electron chi connectivity index (χ4n) is 2.03. The third-order valence-electron chi connectivity index (χ3n) is 2.96. The van der Waals surface area contributed by atoms with Crippen molar-refractivity contribution in [2.45, 2.75) is 13.2 Å². The monoisotopic (exact) mass is 267 g/mol. The second-order valence-electron chi connectivity index (χ2n) is 4.68. The van der Waals surface area contributed by atoms with Gasteiger partial charge < -0.3 is 10.1 Å². The van der Waals surface area contributed by atoms with Crippen LogP contribution in [0.25, 0.3) is 6.08 Å². The molecule has 0 bridgehead atoms. The van der Waals surface area contributed by atoms with E-state index in [2.05, 4.69) is 47.8 Å². The van der Waals surface area contributed by atoms with Crippen LogP contribution in [0, 0.1) is 0 Å². The van der Waals surface area contributed by atoms with E-state index in [1.54, 1.807) is 0 Å². The van der Waals surface area contributed by atoms with Crippen molar-refractivity contribution in [2.75, 3.05) is 13.7 Å². The van der Waals surface area contributed by atoms with E-state index in [4.69, 9.17) is 4.74 Å². The summed E-state index contributed by atoms with van der Waals surface area (Å²) in [6.07, 6.45) is 4.13. The predicted octanol–water partition coefficient (Wildman–Crippen LogP) is 3.64. The van der Waals surface area contributed by atoms with Crippen molar-refractivity contribution in [3.63, 3.8) is 0 Å². The van der Waals surface area contributed by atoms with E-state index in [-0.39, 0.29) is 0 Å². The molecule has 0 saturated heterocycles. The first-order chi connectivity index (χ1) is 9.88. The van der Waals surface area contributed by atoms with E-state index in [9.17, 15) is 0 Å². The number of nitrogens with one attached hydrogen (secondary N) is 1. The van der Waals surface area contributed by atoms with Crippen molar-refractivity contribution in [3.05, 3.63) is 77.4 Å². The van der Waals surface area contributed by atoms with Gasteiger partial charge >= 0.3 is 0 Å². The lowest BCUT2D eigenvalue weighted by Crippen LogP contribution is -2.05. The van der Waals surface area contributed by atoms with Crippen LogP contribution in [0.4, 0.5) is 0 Å². The van der Waals surface area contributed by atoms with Gasteiger partial charge in [-0.1, -0.05) is 66.7 Å². The lowest BCUT2D eigenvalue weighted by molar-refractivity contribution is 0.149. The molecule has 0 aliphatic heterocycles. The smallest absolute Gasteiger partial charge is 0.0721 e. The topological polar surface area (TPSA) is 21.3 Å². The van der Waals surface area contributed by atoms with Crippen LogP contribution in [0.3, 0.4) is 0 Å². The Morgan fingerprint density at radius 2 is 1.80 bits per heavy atom. The summed E-state index contributed by atoms with van der Waals surface area (Å²) in [4.78, 5) is 0. The van der Waals surface area contributed by atoms with Crippen LogP contribution in [-0.4, -0.2) is 13.7 Å². The minimum atomic E-state index is 0.630. The molecule has 20 heavy (non-hydrogen) atoms. The van der Waals surface area contributed by atoms with Crippen LogP contribution >= 0.6 is 0 Å². The molecule has 2 heteroatoms. The zero-order chi connectivity index (χ0) is 14.0. The zero-order valence-electron chi connectivity index (χ0n) is 11.9. The van der Waals surface area contributed by atoms with Gasteiger partial charge in [-0.2, -0.15) is 0 Å². The van der Waals surface area contributed by atoms with E-state index in [1.165, 1.54) is 16.7 Å². The molecular formula is C18H21NO. The maximum atomic E-state index is 5.67. The molecule has 2 aromatic carbocycles. The molecule has 0 unspecified atom stereocenters. The van der Waals surface area contributed by atoms with Gasteiger partial charge in [0.25, 0.3) is 0 Å². The summed E-state index contributed by atoms with van der Waals surface area (Å²) in [6, 6.07) is 18.7. The van der Waals surface area contributed by atoms with E-state index in [1.807, 2.05) is 31.3 Å². The van der Waals surface area contributed by atoms with Gasteiger partial charge in [0.1, 0.15) is 0 Å². The second-order valence-corrected chi connectivity index (χ2v) is 4.68. The van der Waals surface area contributed by atoms with Crippen molar-refractivity contribution >= 4 is 6.08 Å². The van der Waals surface area contributed by atoms with Gasteiger partial charge in [0.05, 0.1) is 13.2 Å². The molecule has 2 rings (SSSR count). The normalized spacial score (nSPS) is 11.1. The average molecular weight is 267 g/mol. The number of benzene rings is 2. The van der Waals surface area contributed by atoms with Gasteiger partial charge in [-0.05, 0) is 23.7 Å². The standard InChI is InChI=1S/C18H21NO/c1-19-14-17-9-5-10-18(13-17)15-20-12-6-11-16-7-3-2-4-8-16/h2-11,13,19H,12,14-15H2,1H3. The summed E-state index contributed by atoms with van der Waals surface area (Å²) in [5.74, 6) is 0. The largest absolute Gasteiger partial charge is 0.373 e. The fourth-order valence-corrected chi connectivity index (χ4v) is 2.03. The van der Waals surface area contributed by atoms with Crippen LogP contribution in [0.2, 0.25) is 0 Å². The quantitative estimate of drug-likeness (QED) is 0.773. The molecule has 0 saturated carbocycles. The maximum absolute atomic E-state index is 5.67. The average Bonchev–Trinajstić information content (AvgIpc) is 2.49. The Balaban J connectivity index is 1.76. The van der Waals surface area contributed by atoms with Crippen molar-refractivity contribution in [1.82, 2.24) is 5.32 Å². The van der Waals surface area contributed by atoms with Crippen LogP contribution in [0.1, 0.15) is 16.7 Å². The molecule has 0 aliphatic rings. The lowest BCUT2D eigenvalue weighted by atomic mass is 10.1. The highest BCUT2D eigenvalue weighted by atomic mass is 16.5. The molecule has 0 heterocycles. The molecule has 0 radical (unpaired) electrons. The summed E-state index contributed by atoms with van der Waals surface area (Å²) in [6.45, 7) is 2.17. The summed E-state index contributed by atoms with van der Waals surface area (Å²) in [7, 11) is 1.96. The van der Waals surface area contributed by atoms with E-state index in [0.29, 0.717) is 13.2 Å². The van der Waals surface area contributed by atoms with E-state index in [0.717, 1.165) is 6.54 Å². The molecule has 104 valence electrons. The molecule has 2 aromatic rings. The van der Waals surface area contributed by atoms with Crippen molar-refractivity contribution in [3.8, 4) is 0 Å². The Morgan fingerprint density at radius 3 is 2.60 bits per heavy atom. The Morgan fingerprint density at radius 1 is 1.00 bits per heavy atom.